The molecular formula is C27H32N7Y-. The normalized spacial score (nSPS) is 11.7. The number of nitrogens with one attached hydrogen (secondary N) is 3. The van der Waals surface area contributed by atoms with Gasteiger partial charge in [0.05, 0.1) is 5.56 Å². The van der Waals surface area contributed by atoms with Gasteiger partial charge in [-0.05, 0) is 76.9 Å². The molecule has 0 bridgehead atoms. The summed E-state index contributed by atoms with van der Waals surface area (Å²) in [5.41, 5.74) is 17.8. The molecule has 0 aliphatic rings. The maximum Gasteiger partial charge on any atom is 0.161 e. The molecule has 0 fully saturated rings. The predicted molar refractivity (Wildman–Crippen MR) is 140 cm³/mol. The van der Waals surface area contributed by atoms with E-state index in [1.165, 1.54) is 11.1 Å². The maximum absolute atomic E-state index is 10.0. The van der Waals surface area contributed by atoms with Crippen LogP contribution in [0.15, 0.2) is 34.5 Å². The van der Waals surface area contributed by atoms with Crippen molar-refractivity contribution in [2.75, 3.05) is 10.6 Å². The summed E-state index contributed by atoms with van der Waals surface area (Å²) in [6.07, 6.45) is -0.726. The number of pyridine rings is 1. The molecule has 0 saturated heterocycles. The molecule has 2 aromatic carbocycles. The van der Waals surface area contributed by atoms with Gasteiger partial charge in [0.1, 0.15) is 11.8 Å². The first kappa shape index (κ1) is 28.6. The Morgan fingerprint density at radius 3 is 1.66 bits per heavy atom. The SMILES string of the molecule is Cc1cc(C)c(Nc2nc(Nc3c(C)cc(C)cc3C)c(N=NC(C)[NH-])c(C)c2C#N)c(C)c1.[Y]. The van der Waals surface area contributed by atoms with Gasteiger partial charge in [-0.25, -0.2) is 10.1 Å². The molecule has 0 saturated carbocycles. The van der Waals surface area contributed by atoms with Crippen LogP contribution in [0, 0.1) is 59.8 Å². The Balaban J connectivity index is 0.00000432. The molecule has 179 valence electrons. The van der Waals surface area contributed by atoms with Crippen LogP contribution in [-0.4, -0.2) is 11.1 Å². The van der Waals surface area contributed by atoms with Crippen LogP contribution < -0.4 is 10.6 Å². The van der Waals surface area contributed by atoms with E-state index in [0.717, 1.165) is 33.6 Å². The summed E-state index contributed by atoms with van der Waals surface area (Å²) < 4.78 is 0. The number of aryl methyl sites for hydroxylation is 6. The number of nitrogens with zero attached hydrogens (tertiary/aromatic N) is 4. The molecule has 0 spiro atoms. The van der Waals surface area contributed by atoms with Crippen LogP contribution in [0.25, 0.3) is 5.73 Å². The molecular weight excluding hydrogens is 511 g/mol. The largest absolute Gasteiger partial charge is 0.654 e. The van der Waals surface area contributed by atoms with Crippen LogP contribution in [0.5, 0.6) is 0 Å². The van der Waals surface area contributed by atoms with Crippen molar-refractivity contribution in [2.45, 2.75) is 61.6 Å². The molecule has 35 heavy (non-hydrogen) atoms. The van der Waals surface area contributed by atoms with Crippen molar-refractivity contribution in [3.05, 3.63) is 74.5 Å². The fourth-order valence-corrected chi connectivity index (χ4v) is 4.27. The molecule has 1 atom stereocenters. The first-order valence-electron chi connectivity index (χ1n) is 11.3. The van der Waals surface area contributed by atoms with Gasteiger partial charge >= 0.3 is 0 Å². The Morgan fingerprint density at radius 1 is 0.829 bits per heavy atom. The molecule has 0 aliphatic carbocycles. The van der Waals surface area contributed by atoms with E-state index >= 15 is 0 Å². The molecule has 1 radical (unpaired) electrons. The van der Waals surface area contributed by atoms with Crippen molar-refractivity contribution in [1.82, 2.24) is 4.98 Å². The zero-order valence-corrected chi connectivity index (χ0v) is 24.6. The van der Waals surface area contributed by atoms with Crippen LogP contribution >= 0.6 is 0 Å². The van der Waals surface area contributed by atoms with Crippen LogP contribution in [0.1, 0.15) is 51.4 Å². The van der Waals surface area contributed by atoms with E-state index in [-0.39, 0.29) is 32.7 Å². The van der Waals surface area contributed by atoms with Crippen molar-refractivity contribution >= 4 is 28.7 Å². The third kappa shape index (κ3) is 6.52. The second-order valence-corrected chi connectivity index (χ2v) is 8.96. The topological polar surface area (TPSA) is 109 Å². The number of rotatable bonds is 6. The fourth-order valence-electron chi connectivity index (χ4n) is 4.27. The molecule has 0 aliphatic heterocycles. The number of hydrogen-bond donors (Lipinski definition) is 2. The minimum Gasteiger partial charge on any atom is -0.654 e. The summed E-state index contributed by atoms with van der Waals surface area (Å²) in [5, 5.41) is 25.2. The predicted octanol–water partition coefficient (Wildman–Crippen LogP) is 8.08. The summed E-state index contributed by atoms with van der Waals surface area (Å²) in [7, 11) is 0. The summed E-state index contributed by atoms with van der Waals surface area (Å²) >= 11 is 0. The molecule has 3 aromatic rings. The average molecular weight is 544 g/mol. The molecule has 1 heterocycles. The van der Waals surface area contributed by atoms with E-state index in [1.807, 2.05) is 34.6 Å². The third-order valence-corrected chi connectivity index (χ3v) is 5.70. The summed E-state index contributed by atoms with van der Waals surface area (Å²) in [5.74, 6) is 0.943. The van der Waals surface area contributed by atoms with E-state index in [1.54, 1.807) is 6.92 Å². The first-order valence-corrected chi connectivity index (χ1v) is 11.3. The Morgan fingerprint density at radius 2 is 1.26 bits per heavy atom. The van der Waals surface area contributed by atoms with Crippen LogP contribution in [-0.2, 0) is 32.7 Å². The quantitative estimate of drug-likeness (QED) is 0.306. The second kappa shape index (κ2) is 11.9. The van der Waals surface area contributed by atoms with Crippen molar-refractivity contribution in [2.24, 2.45) is 10.2 Å². The smallest absolute Gasteiger partial charge is 0.161 e. The Hall–Kier alpha value is -2.66. The number of aromatic nitrogens is 1. The Bertz CT molecular complexity index is 1270. The van der Waals surface area contributed by atoms with E-state index in [2.05, 4.69) is 65.0 Å². The first-order chi connectivity index (χ1) is 16.0. The molecule has 3 rings (SSSR count). The van der Waals surface area contributed by atoms with Gasteiger partial charge in [-0.1, -0.05) is 42.3 Å². The minimum atomic E-state index is -0.726. The molecule has 3 N–H and O–H groups in total. The maximum atomic E-state index is 10.0. The standard InChI is InChI=1S/C27H32N7.Y/c1-14-9-16(3)23(17(4)10-14)30-26-22(13-28)20(7)25(34-33-21(8)29)27(32-26)31-24-18(5)11-15(2)12-19(24)6;/h9-12,21,29H,1-8H3,(H2,30,31,32);/q-1;. The molecule has 8 heteroatoms. The van der Waals surface area contributed by atoms with Gasteiger partial charge in [0.25, 0.3) is 0 Å². The van der Waals surface area contributed by atoms with Gasteiger partial charge in [0.15, 0.2) is 11.6 Å². The summed E-state index contributed by atoms with van der Waals surface area (Å²) in [6.45, 7) is 15.8. The number of benzene rings is 2. The second-order valence-electron chi connectivity index (χ2n) is 8.96. The van der Waals surface area contributed by atoms with Gasteiger partial charge < -0.3 is 16.4 Å². The van der Waals surface area contributed by atoms with Gasteiger partial charge in [-0.15, -0.1) is 0 Å². The molecule has 0 amide bonds. The van der Waals surface area contributed by atoms with E-state index < -0.39 is 6.17 Å². The van der Waals surface area contributed by atoms with Crippen LogP contribution in [0.3, 0.4) is 0 Å². The van der Waals surface area contributed by atoms with Crippen molar-refractivity contribution < 1.29 is 32.7 Å². The number of hydrogen-bond acceptors (Lipinski definition) is 6. The van der Waals surface area contributed by atoms with Crippen LogP contribution in [0.4, 0.5) is 28.7 Å². The number of anilines is 4. The van der Waals surface area contributed by atoms with E-state index in [9.17, 15) is 5.26 Å². The zero-order chi connectivity index (χ0) is 25.2. The van der Waals surface area contributed by atoms with Crippen molar-refractivity contribution in [3.8, 4) is 6.07 Å². The van der Waals surface area contributed by atoms with Gasteiger partial charge in [0.2, 0.25) is 0 Å². The number of azo groups is 1. The molecule has 7 nitrogen and oxygen atoms in total. The zero-order valence-electron chi connectivity index (χ0n) is 21.8. The van der Waals surface area contributed by atoms with E-state index in [4.69, 9.17) is 10.7 Å². The van der Waals surface area contributed by atoms with E-state index in [0.29, 0.717) is 28.5 Å². The summed E-state index contributed by atoms with van der Waals surface area (Å²) in [6, 6.07) is 10.7. The Kier molecular flexibility index (Phi) is 9.68. The van der Waals surface area contributed by atoms with Gasteiger partial charge in [-0.2, -0.15) is 10.4 Å². The Labute approximate surface area is 233 Å². The molecule has 1 unspecified atom stereocenters. The third-order valence-electron chi connectivity index (χ3n) is 5.70. The van der Waals surface area contributed by atoms with Crippen molar-refractivity contribution in [1.29, 1.82) is 5.26 Å². The van der Waals surface area contributed by atoms with Gasteiger partial charge in [0, 0.05) is 49.6 Å². The fraction of sp³-hybridized carbons (Fsp3) is 0.333. The van der Waals surface area contributed by atoms with Gasteiger partial charge in [-0.3, -0.25) is 0 Å². The van der Waals surface area contributed by atoms with Crippen LogP contribution in [0.2, 0.25) is 0 Å². The molecule has 1 aromatic heterocycles. The monoisotopic (exact) mass is 543 g/mol. The average Bonchev–Trinajstić information content (AvgIpc) is 2.72. The minimum absolute atomic E-state index is 0. The number of nitriles is 1. The summed E-state index contributed by atoms with van der Waals surface area (Å²) in [4.78, 5) is 4.82. The van der Waals surface area contributed by atoms with Crippen molar-refractivity contribution in [3.63, 3.8) is 0 Å².